The molecule has 5 aromatic rings. The molecule has 0 N–H and O–H groups in total. The van der Waals surface area contributed by atoms with Gasteiger partial charge in [-0.05, 0) is 55.5 Å². The summed E-state index contributed by atoms with van der Waals surface area (Å²) in [7, 11) is 0. The molecule has 0 amide bonds. The number of rotatable bonds is 4. The van der Waals surface area contributed by atoms with Crippen molar-refractivity contribution in [2.45, 2.75) is 32.3 Å². The Kier molecular flexibility index (Phi) is 4.24. The van der Waals surface area contributed by atoms with Crippen LogP contribution < -0.4 is 4.74 Å². The molecule has 1 aliphatic carbocycles. The van der Waals surface area contributed by atoms with Crippen molar-refractivity contribution in [1.82, 2.24) is 19.6 Å². The molecule has 0 saturated heterocycles. The minimum Gasteiger partial charge on any atom is -0.483 e. The summed E-state index contributed by atoms with van der Waals surface area (Å²) in [4.78, 5) is 11.7. The molecule has 0 unspecified atom stereocenters. The van der Waals surface area contributed by atoms with E-state index in [0.29, 0.717) is 17.3 Å². The molecule has 0 aliphatic heterocycles. The zero-order chi connectivity index (χ0) is 20.9. The number of fused-ring (bicyclic) bond motifs is 5. The lowest BCUT2D eigenvalue weighted by Crippen LogP contribution is -1.99. The van der Waals surface area contributed by atoms with Crippen LogP contribution in [0.4, 0.5) is 8.78 Å². The second-order valence-electron chi connectivity index (χ2n) is 7.47. The number of hydrogen-bond donors (Lipinski definition) is 0. The number of thiophene rings is 1. The van der Waals surface area contributed by atoms with E-state index in [0.717, 1.165) is 40.8 Å². The number of furan rings is 1. The van der Waals surface area contributed by atoms with E-state index in [1.807, 2.05) is 0 Å². The van der Waals surface area contributed by atoms with Gasteiger partial charge in [-0.3, -0.25) is 0 Å². The number of ether oxygens (including phenoxy) is 1. The first kappa shape index (κ1) is 18.4. The Morgan fingerprint density at radius 2 is 2.03 bits per heavy atom. The number of benzene rings is 1. The first-order valence-corrected chi connectivity index (χ1v) is 10.8. The van der Waals surface area contributed by atoms with Crippen molar-refractivity contribution in [2.24, 2.45) is 0 Å². The molecule has 4 aromatic heterocycles. The zero-order valence-corrected chi connectivity index (χ0v) is 17.1. The van der Waals surface area contributed by atoms with Gasteiger partial charge < -0.3 is 9.15 Å². The van der Waals surface area contributed by atoms with Gasteiger partial charge >= 0.3 is 0 Å². The van der Waals surface area contributed by atoms with E-state index in [-0.39, 0.29) is 12.4 Å². The molecule has 6 rings (SSSR count). The maximum absolute atomic E-state index is 13.7. The normalized spacial score (nSPS) is 13.7. The van der Waals surface area contributed by atoms with Crippen molar-refractivity contribution in [1.29, 1.82) is 0 Å². The van der Waals surface area contributed by atoms with Crippen molar-refractivity contribution in [2.75, 3.05) is 0 Å². The summed E-state index contributed by atoms with van der Waals surface area (Å²) in [6.07, 6.45) is 6.21. The predicted octanol–water partition coefficient (Wildman–Crippen LogP) is 5.34. The average Bonchev–Trinajstić information content (AvgIpc) is 3.48. The number of halogens is 2. The van der Waals surface area contributed by atoms with Gasteiger partial charge in [0, 0.05) is 10.9 Å². The highest BCUT2D eigenvalue weighted by Crippen LogP contribution is 2.37. The Morgan fingerprint density at radius 3 is 2.94 bits per heavy atom. The Balaban J connectivity index is 1.31. The van der Waals surface area contributed by atoms with E-state index in [4.69, 9.17) is 14.1 Å². The lowest BCUT2D eigenvalue weighted by molar-refractivity contribution is 0.259. The fourth-order valence-electron chi connectivity index (χ4n) is 3.98. The van der Waals surface area contributed by atoms with Crippen LogP contribution in [0.2, 0.25) is 0 Å². The van der Waals surface area contributed by atoms with Gasteiger partial charge in [0.2, 0.25) is 5.82 Å². The Bertz CT molecular complexity index is 1440. The van der Waals surface area contributed by atoms with E-state index in [9.17, 15) is 8.78 Å². The van der Waals surface area contributed by atoms with Crippen LogP contribution in [0.15, 0.2) is 41.1 Å². The molecule has 0 saturated carbocycles. The summed E-state index contributed by atoms with van der Waals surface area (Å²) < 4.78 is 39.7. The smallest absolute Gasteiger partial charge is 0.217 e. The zero-order valence-electron chi connectivity index (χ0n) is 16.3. The predicted molar refractivity (Wildman–Crippen MR) is 111 cm³/mol. The van der Waals surface area contributed by atoms with E-state index < -0.39 is 11.6 Å². The second kappa shape index (κ2) is 7.12. The highest BCUT2D eigenvalue weighted by Gasteiger charge is 2.21. The minimum absolute atomic E-state index is 0.000235. The average molecular weight is 438 g/mol. The van der Waals surface area contributed by atoms with Crippen molar-refractivity contribution in [3.05, 3.63) is 64.5 Å². The van der Waals surface area contributed by atoms with Crippen LogP contribution in [0, 0.1) is 11.6 Å². The first-order valence-electron chi connectivity index (χ1n) is 9.98. The quantitative estimate of drug-likeness (QED) is 0.379. The Morgan fingerprint density at radius 1 is 1.13 bits per heavy atom. The van der Waals surface area contributed by atoms with E-state index in [1.54, 1.807) is 34.3 Å². The van der Waals surface area contributed by atoms with Crippen LogP contribution in [-0.4, -0.2) is 19.6 Å². The van der Waals surface area contributed by atoms with Gasteiger partial charge in [0.05, 0.1) is 5.39 Å². The molecule has 0 spiro atoms. The molecule has 6 nitrogen and oxygen atoms in total. The molecule has 156 valence electrons. The van der Waals surface area contributed by atoms with Crippen molar-refractivity contribution >= 4 is 27.2 Å². The molecule has 1 aromatic carbocycles. The lowest BCUT2D eigenvalue weighted by Gasteiger charge is -2.09. The van der Waals surface area contributed by atoms with Crippen LogP contribution in [0.25, 0.3) is 27.4 Å². The fourth-order valence-corrected chi connectivity index (χ4v) is 5.20. The van der Waals surface area contributed by atoms with Gasteiger partial charge in [0.25, 0.3) is 0 Å². The van der Waals surface area contributed by atoms with E-state index >= 15 is 0 Å². The monoisotopic (exact) mass is 438 g/mol. The fraction of sp³-hybridized carbons (Fsp3) is 0.227. The van der Waals surface area contributed by atoms with Crippen LogP contribution in [0.1, 0.15) is 29.0 Å². The molecular weight excluding hydrogens is 422 g/mol. The van der Waals surface area contributed by atoms with E-state index in [1.165, 1.54) is 29.3 Å². The number of aromatic nitrogens is 4. The highest BCUT2D eigenvalue weighted by molar-refractivity contribution is 7.19. The van der Waals surface area contributed by atoms with Crippen LogP contribution in [0.3, 0.4) is 0 Å². The van der Waals surface area contributed by atoms with Gasteiger partial charge in [-0.1, -0.05) is 0 Å². The number of nitrogens with zero attached hydrogens (tertiary/aromatic N) is 4. The van der Waals surface area contributed by atoms with Crippen LogP contribution >= 0.6 is 11.3 Å². The molecule has 0 fully saturated rings. The van der Waals surface area contributed by atoms with Crippen molar-refractivity contribution < 1.29 is 17.9 Å². The number of aryl methyl sites for hydroxylation is 2. The van der Waals surface area contributed by atoms with Crippen LogP contribution in [0.5, 0.6) is 5.75 Å². The standard InChI is InChI=1S/C22H16F2N4O2S/c23-12-5-7-16(15(24)9-12)29-10-13-6-8-17(30-13)20-26-21-19-14-3-1-2-4-18(14)31-22(19)25-11-28(21)27-20/h5-9,11H,1-4,10H2. The maximum atomic E-state index is 13.7. The van der Waals surface area contributed by atoms with E-state index in [2.05, 4.69) is 10.1 Å². The summed E-state index contributed by atoms with van der Waals surface area (Å²) in [5.41, 5.74) is 2.13. The molecule has 0 radical (unpaired) electrons. The summed E-state index contributed by atoms with van der Waals surface area (Å²) >= 11 is 1.74. The largest absolute Gasteiger partial charge is 0.483 e. The van der Waals surface area contributed by atoms with Crippen molar-refractivity contribution in [3.8, 4) is 17.3 Å². The third-order valence-electron chi connectivity index (χ3n) is 5.44. The van der Waals surface area contributed by atoms with Gasteiger partial charge in [-0.25, -0.2) is 23.3 Å². The van der Waals surface area contributed by atoms with Gasteiger partial charge in [-0.2, -0.15) is 0 Å². The summed E-state index contributed by atoms with van der Waals surface area (Å²) in [6.45, 7) is -0.000235. The third kappa shape index (κ3) is 3.16. The minimum atomic E-state index is -0.760. The Hall–Kier alpha value is -3.33. The summed E-state index contributed by atoms with van der Waals surface area (Å²) in [5, 5.41) is 5.61. The van der Waals surface area contributed by atoms with Gasteiger partial charge in [0.15, 0.2) is 23.0 Å². The molecule has 0 atom stereocenters. The topological polar surface area (TPSA) is 65.5 Å². The molecular formula is C22H16F2N4O2S. The SMILES string of the molecule is Fc1ccc(OCc2ccc(-c3nc4c5c6c(sc5ncn4n3)CCCC6)o2)c(F)c1. The number of hydrogen-bond acceptors (Lipinski definition) is 6. The van der Waals surface area contributed by atoms with Gasteiger partial charge in [0.1, 0.15) is 29.3 Å². The first-order chi connectivity index (χ1) is 15.2. The second-order valence-corrected chi connectivity index (χ2v) is 8.55. The molecule has 0 bridgehead atoms. The van der Waals surface area contributed by atoms with Crippen molar-refractivity contribution in [3.63, 3.8) is 0 Å². The van der Waals surface area contributed by atoms with Crippen LogP contribution in [-0.2, 0) is 19.4 Å². The molecule has 4 heterocycles. The third-order valence-corrected chi connectivity index (χ3v) is 6.64. The lowest BCUT2D eigenvalue weighted by atomic mass is 9.97. The molecule has 31 heavy (non-hydrogen) atoms. The highest BCUT2D eigenvalue weighted by atomic mass is 32.1. The molecule has 9 heteroatoms. The Labute approximate surface area is 179 Å². The summed E-state index contributed by atoms with van der Waals surface area (Å²) in [6, 6.07) is 6.65. The maximum Gasteiger partial charge on any atom is 0.217 e. The molecule has 1 aliphatic rings. The summed E-state index contributed by atoms with van der Waals surface area (Å²) in [5.74, 6) is -0.0407. The van der Waals surface area contributed by atoms with Gasteiger partial charge in [-0.15, -0.1) is 16.4 Å².